The lowest BCUT2D eigenvalue weighted by Crippen LogP contribution is -1.96. The molecule has 6 heteroatoms. The summed E-state index contributed by atoms with van der Waals surface area (Å²) in [6, 6.07) is 12.4. The van der Waals surface area contributed by atoms with Crippen LogP contribution >= 0.6 is 0 Å². The number of sulfone groups is 1. The first-order chi connectivity index (χ1) is 9.97. The largest absolute Gasteiger partial charge is 0.497 e. The quantitative estimate of drug-likeness (QED) is 0.807. The average Bonchev–Trinajstić information content (AvgIpc) is 2.89. The van der Waals surface area contributed by atoms with Gasteiger partial charge >= 0.3 is 0 Å². The van der Waals surface area contributed by atoms with Gasteiger partial charge in [0.1, 0.15) is 11.6 Å². The second-order valence-corrected chi connectivity index (χ2v) is 6.78. The molecule has 0 saturated carbocycles. The monoisotopic (exact) mass is 302 g/mol. The van der Waals surface area contributed by atoms with E-state index in [0.29, 0.717) is 11.3 Å². The molecule has 0 bridgehead atoms. The highest BCUT2D eigenvalue weighted by Crippen LogP contribution is 2.24. The highest BCUT2D eigenvalue weighted by molar-refractivity contribution is 7.90. The Hall–Kier alpha value is -2.34. The van der Waals surface area contributed by atoms with Crippen LogP contribution in [0.5, 0.6) is 5.75 Å². The maximum absolute atomic E-state index is 11.6. The van der Waals surface area contributed by atoms with E-state index in [9.17, 15) is 8.42 Å². The maximum atomic E-state index is 11.6. The van der Waals surface area contributed by atoms with Crippen molar-refractivity contribution in [1.82, 2.24) is 9.97 Å². The minimum atomic E-state index is -3.22. The van der Waals surface area contributed by atoms with Crippen LogP contribution in [0.4, 0.5) is 0 Å². The van der Waals surface area contributed by atoms with E-state index in [4.69, 9.17) is 4.74 Å². The van der Waals surface area contributed by atoms with E-state index in [1.165, 1.54) is 6.26 Å². The molecule has 2 aromatic carbocycles. The molecule has 0 saturated heterocycles. The summed E-state index contributed by atoms with van der Waals surface area (Å²) in [5.74, 6) is 1.47. The minimum Gasteiger partial charge on any atom is -0.497 e. The molecule has 3 aromatic rings. The van der Waals surface area contributed by atoms with Crippen molar-refractivity contribution in [3.05, 3.63) is 42.5 Å². The van der Waals surface area contributed by atoms with Crippen molar-refractivity contribution < 1.29 is 13.2 Å². The summed E-state index contributed by atoms with van der Waals surface area (Å²) >= 11 is 0. The number of imidazole rings is 1. The van der Waals surface area contributed by atoms with Crippen molar-refractivity contribution in [2.24, 2.45) is 0 Å². The van der Waals surface area contributed by atoms with Crippen LogP contribution in [0, 0.1) is 0 Å². The summed E-state index contributed by atoms with van der Waals surface area (Å²) in [6.45, 7) is 0. The molecule has 0 fully saturated rings. The number of benzene rings is 2. The topological polar surface area (TPSA) is 72.0 Å². The van der Waals surface area contributed by atoms with E-state index in [1.807, 2.05) is 24.3 Å². The highest BCUT2D eigenvalue weighted by atomic mass is 32.2. The number of aromatic nitrogens is 2. The molecule has 108 valence electrons. The fourth-order valence-corrected chi connectivity index (χ4v) is 2.75. The minimum absolute atomic E-state index is 0.278. The van der Waals surface area contributed by atoms with Crippen molar-refractivity contribution in [3.8, 4) is 17.1 Å². The number of hydrogen-bond acceptors (Lipinski definition) is 4. The molecule has 0 unspecified atom stereocenters. The first kappa shape index (κ1) is 13.6. The van der Waals surface area contributed by atoms with Crippen LogP contribution in [0.15, 0.2) is 47.4 Å². The van der Waals surface area contributed by atoms with Crippen molar-refractivity contribution in [2.75, 3.05) is 13.4 Å². The van der Waals surface area contributed by atoms with E-state index in [-0.39, 0.29) is 4.90 Å². The van der Waals surface area contributed by atoms with Gasteiger partial charge in [-0.25, -0.2) is 13.4 Å². The van der Waals surface area contributed by atoms with Gasteiger partial charge in [-0.3, -0.25) is 0 Å². The molecule has 0 spiro atoms. The van der Waals surface area contributed by atoms with Crippen LogP contribution in [0.2, 0.25) is 0 Å². The number of hydrogen-bond donors (Lipinski definition) is 1. The maximum Gasteiger partial charge on any atom is 0.175 e. The molecule has 0 aliphatic rings. The van der Waals surface area contributed by atoms with Gasteiger partial charge in [-0.05, 0) is 42.5 Å². The summed E-state index contributed by atoms with van der Waals surface area (Å²) in [6.07, 6.45) is 1.19. The zero-order chi connectivity index (χ0) is 15.0. The lowest BCUT2D eigenvalue weighted by molar-refractivity contribution is 0.415. The lowest BCUT2D eigenvalue weighted by Gasteiger charge is -2.00. The summed E-state index contributed by atoms with van der Waals surface area (Å²) < 4.78 is 28.3. The molecule has 21 heavy (non-hydrogen) atoms. The first-order valence-corrected chi connectivity index (χ1v) is 8.21. The third kappa shape index (κ3) is 2.62. The molecule has 1 aromatic heterocycles. The van der Waals surface area contributed by atoms with Gasteiger partial charge in [-0.2, -0.15) is 0 Å². The van der Waals surface area contributed by atoms with Gasteiger partial charge in [0.15, 0.2) is 9.84 Å². The molecular weight excluding hydrogens is 288 g/mol. The molecule has 0 amide bonds. The van der Waals surface area contributed by atoms with Crippen LogP contribution < -0.4 is 4.74 Å². The van der Waals surface area contributed by atoms with Crippen molar-refractivity contribution in [1.29, 1.82) is 0 Å². The fraction of sp³-hybridized carbons (Fsp3) is 0.133. The Morgan fingerprint density at radius 2 is 1.81 bits per heavy atom. The molecule has 0 atom stereocenters. The predicted octanol–water partition coefficient (Wildman–Crippen LogP) is 2.64. The van der Waals surface area contributed by atoms with E-state index < -0.39 is 9.84 Å². The number of nitrogens with one attached hydrogen (secondary N) is 1. The molecule has 1 N–H and O–H groups in total. The van der Waals surface area contributed by atoms with Crippen LogP contribution in [-0.4, -0.2) is 31.8 Å². The zero-order valence-corrected chi connectivity index (χ0v) is 12.4. The number of fused-ring (bicyclic) bond motifs is 1. The SMILES string of the molecule is COc1ccc(-c2nc3ccc(S(C)(=O)=O)cc3[nH]2)cc1. The van der Waals surface area contributed by atoms with Crippen molar-refractivity contribution >= 4 is 20.9 Å². The number of H-pyrrole nitrogens is 1. The fourth-order valence-electron chi connectivity index (χ4n) is 2.10. The van der Waals surface area contributed by atoms with Gasteiger partial charge in [-0.15, -0.1) is 0 Å². The third-order valence-electron chi connectivity index (χ3n) is 3.24. The van der Waals surface area contributed by atoms with E-state index in [0.717, 1.165) is 16.8 Å². The Labute approximate surface area is 122 Å². The summed E-state index contributed by atoms with van der Waals surface area (Å²) in [5, 5.41) is 0. The summed E-state index contributed by atoms with van der Waals surface area (Å²) in [4.78, 5) is 7.89. The van der Waals surface area contributed by atoms with Gasteiger partial charge in [0.2, 0.25) is 0 Å². The highest BCUT2D eigenvalue weighted by Gasteiger charge is 2.11. The number of rotatable bonds is 3. The van der Waals surface area contributed by atoms with Crippen molar-refractivity contribution in [2.45, 2.75) is 4.90 Å². The molecular formula is C15H14N2O3S. The van der Waals surface area contributed by atoms with Crippen molar-refractivity contribution in [3.63, 3.8) is 0 Å². The Morgan fingerprint density at radius 1 is 1.10 bits per heavy atom. The first-order valence-electron chi connectivity index (χ1n) is 6.31. The molecule has 1 heterocycles. The second-order valence-electron chi connectivity index (χ2n) is 4.77. The third-order valence-corrected chi connectivity index (χ3v) is 4.36. The van der Waals surface area contributed by atoms with Crippen LogP contribution in [-0.2, 0) is 9.84 Å². The number of ether oxygens (including phenoxy) is 1. The number of aromatic amines is 1. The predicted molar refractivity (Wildman–Crippen MR) is 81.2 cm³/mol. The van der Waals surface area contributed by atoms with Crippen LogP contribution in [0.3, 0.4) is 0 Å². The smallest absolute Gasteiger partial charge is 0.175 e. The Balaban J connectivity index is 2.08. The van der Waals surface area contributed by atoms with Gasteiger partial charge < -0.3 is 9.72 Å². The van der Waals surface area contributed by atoms with E-state index in [2.05, 4.69) is 9.97 Å². The lowest BCUT2D eigenvalue weighted by atomic mass is 10.2. The molecule has 0 radical (unpaired) electrons. The van der Waals surface area contributed by atoms with Gasteiger partial charge in [0, 0.05) is 11.8 Å². The van der Waals surface area contributed by atoms with Gasteiger partial charge in [0.25, 0.3) is 0 Å². The summed E-state index contributed by atoms with van der Waals surface area (Å²) in [7, 11) is -1.61. The van der Waals surface area contributed by atoms with Crippen LogP contribution in [0.25, 0.3) is 22.4 Å². The number of methoxy groups -OCH3 is 1. The second kappa shape index (κ2) is 4.89. The summed E-state index contributed by atoms with van der Waals surface area (Å²) in [5.41, 5.74) is 2.34. The number of nitrogens with zero attached hydrogens (tertiary/aromatic N) is 1. The molecule has 5 nitrogen and oxygen atoms in total. The average molecular weight is 302 g/mol. The van der Waals surface area contributed by atoms with Gasteiger partial charge in [0.05, 0.1) is 23.0 Å². The van der Waals surface area contributed by atoms with Crippen LogP contribution in [0.1, 0.15) is 0 Å². The Kier molecular flexibility index (Phi) is 3.17. The molecule has 3 rings (SSSR count). The standard InChI is InChI=1S/C15H14N2O3S/c1-20-11-5-3-10(4-6-11)15-16-13-8-7-12(21(2,18)19)9-14(13)17-15/h3-9H,1-2H3,(H,16,17). The normalized spacial score (nSPS) is 11.7. The zero-order valence-electron chi connectivity index (χ0n) is 11.6. The molecule has 0 aliphatic heterocycles. The molecule has 0 aliphatic carbocycles. The van der Waals surface area contributed by atoms with E-state index >= 15 is 0 Å². The Morgan fingerprint density at radius 3 is 2.43 bits per heavy atom. The van der Waals surface area contributed by atoms with Gasteiger partial charge in [-0.1, -0.05) is 0 Å². The van der Waals surface area contributed by atoms with E-state index in [1.54, 1.807) is 25.3 Å². The Bertz CT molecular complexity index is 896.